The fourth-order valence-corrected chi connectivity index (χ4v) is 2.94. The van der Waals surface area contributed by atoms with Crippen LogP contribution in [0.25, 0.3) is 0 Å². The number of rotatable bonds is 8. The van der Waals surface area contributed by atoms with E-state index in [2.05, 4.69) is 21.9 Å². The second kappa shape index (κ2) is 11.7. The average Bonchev–Trinajstić information content (AvgIpc) is 2.72. The van der Waals surface area contributed by atoms with Crippen molar-refractivity contribution in [2.24, 2.45) is 0 Å². The predicted molar refractivity (Wildman–Crippen MR) is 109 cm³/mol. The van der Waals surface area contributed by atoms with E-state index in [4.69, 9.17) is 4.74 Å². The van der Waals surface area contributed by atoms with E-state index in [1.165, 1.54) is 25.3 Å². The molecule has 2 N–H and O–H groups in total. The van der Waals surface area contributed by atoms with Crippen molar-refractivity contribution in [3.8, 4) is 5.75 Å². The molecule has 0 atom stereocenters. The minimum Gasteiger partial charge on any atom is -0.490 e. The van der Waals surface area contributed by atoms with E-state index in [0.717, 1.165) is 25.7 Å². The number of urea groups is 1. The Hall–Kier alpha value is -3.09. The van der Waals surface area contributed by atoms with Gasteiger partial charge < -0.3 is 20.1 Å². The van der Waals surface area contributed by atoms with E-state index in [9.17, 15) is 14.0 Å². The fourth-order valence-electron chi connectivity index (χ4n) is 2.94. The molecule has 0 spiro atoms. The van der Waals surface area contributed by atoms with Gasteiger partial charge in [0.05, 0.1) is 18.8 Å². The van der Waals surface area contributed by atoms with Crippen molar-refractivity contribution >= 4 is 12.0 Å². The first kappa shape index (κ1) is 22.2. The number of methoxy groups -OCH3 is 1. The summed E-state index contributed by atoms with van der Waals surface area (Å²) < 4.78 is 23.3. The molecule has 1 aliphatic rings. The number of allylic oxidation sites excluding steroid dienone is 2. The van der Waals surface area contributed by atoms with E-state index >= 15 is 0 Å². The molecule has 1 aromatic rings. The number of hydrogen-bond acceptors (Lipinski definition) is 4. The summed E-state index contributed by atoms with van der Waals surface area (Å²) >= 11 is 0. The Bertz CT molecular complexity index is 751. The maximum Gasteiger partial charge on any atom is 0.337 e. The highest BCUT2D eigenvalue weighted by atomic mass is 19.1. The zero-order chi connectivity index (χ0) is 21.1. The summed E-state index contributed by atoms with van der Waals surface area (Å²) in [5, 5.41) is 5.72. The molecule has 1 saturated carbocycles. The number of carbonyl (C=O) groups is 2. The zero-order valence-electron chi connectivity index (χ0n) is 16.5. The molecule has 0 radical (unpaired) electrons. The van der Waals surface area contributed by atoms with Crippen LogP contribution in [-0.2, 0) is 9.53 Å². The van der Waals surface area contributed by atoms with Gasteiger partial charge in [0, 0.05) is 12.6 Å². The van der Waals surface area contributed by atoms with Crippen LogP contribution in [0.1, 0.15) is 25.7 Å². The minimum absolute atomic E-state index is 0.0797. The van der Waals surface area contributed by atoms with Crippen molar-refractivity contribution in [2.45, 2.75) is 37.8 Å². The second-order valence-corrected chi connectivity index (χ2v) is 6.70. The minimum atomic E-state index is -0.482. The summed E-state index contributed by atoms with van der Waals surface area (Å²) in [6.07, 6.45) is 10.1. The highest BCUT2D eigenvalue weighted by Gasteiger charge is 2.23. The van der Waals surface area contributed by atoms with Gasteiger partial charge >= 0.3 is 12.0 Å². The van der Waals surface area contributed by atoms with Crippen LogP contribution < -0.4 is 15.4 Å². The van der Waals surface area contributed by atoms with E-state index in [1.54, 1.807) is 30.4 Å². The number of esters is 1. The van der Waals surface area contributed by atoms with Crippen LogP contribution in [0.4, 0.5) is 9.18 Å². The molecule has 1 aromatic carbocycles. The van der Waals surface area contributed by atoms with E-state index in [-0.39, 0.29) is 29.6 Å². The normalized spacial score (nSPS) is 19.1. The standard InChI is InChI=1S/C22H27FN2O4/c1-16(21(26)28-2)6-4-3-5-15-24-22(27)25-18-9-13-20(14-10-18)29-19-11-7-17(23)8-12-19/h3-8,11-12,18,20H,1,9-10,13-15H2,2H3,(H2,24,25,27)/b5-3-,6-4-. The smallest absolute Gasteiger partial charge is 0.337 e. The first-order valence-corrected chi connectivity index (χ1v) is 9.55. The SMILES string of the molecule is C=C(/C=C\C=C/CNC(=O)NC1CCC(Oc2ccc(F)cc2)CC1)C(=O)OC. The zero-order valence-corrected chi connectivity index (χ0v) is 16.5. The first-order chi connectivity index (χ1) is 14.0. The molecule has 29 heavy (non-hydrogen) atoms. The highest BCUT2D eigenvalue weighted by molar-refractivity contribution is 5.90. The van der Waals surface area contributed by atoms with E-state index in [1.807, 2.05) is 0 Å². The molecular formula is C22H27FN2O4. The van der Waals surface area contributed by atoms with Crippen LogP contribution in [0.15, 0.2) is 60.7 Å². The Labute approximate surface area is 170 Å². The molecule has 156 valence electrons. The summed E-state index contributed by atoms with van der Waals surface area (Å²) in [6.45, 7) is 3.93. The summed E-state index contributed by atoms with van der Waals surface area (Å²) in [4.78, 5) is 23.1. The summed E-state index contributed by atoms with van der Waals surface area (Å²) in [5.41, 5.74) is 0.252. The van der Waals surface area contributed by atoms with Crippen molar-refractivity contribution in [1.29, 1.82) is 0 Å². The van der Waals surface area contributed by atoms with Gasteiger partial charge in [0.25, 0.3) is 0 Å². The van der Waals surface area contributed by atoms with Crippen LogP contribution in [0.3, 0.4) is 0 Å². The Kier molecular flexibility index (Phi) is 8.95. The van der Waals surface area contributed by atoms with Crippen LogP contribution in [0.2, 0.25) is 0 Å². The largest absolute Gasteiger partial charge is 0.490 e. The molecule has 1 fully saturated rings. The number of amides is 2. The number of benzene rings is 1. The molecule has 6 nitrogen and oxygen atoms in total. The predicted octanol–water partition coefficient (Wildman–Crippen LogP) is 3.66. The highest BCUT2D eigenvalue weighted by Crippen LogP contribution is 2.24. The molecule has 0 saturated heterocycles. The van der Waals surface area contributed by atoms with Gasteiger partial charge in [-0.2, -0.15) is 0 Å². The van der Waals surface area contributed by atoms with Crippen LogP contribution >= 0.6 is 0 Å². The maximum atomic E-state index is 12.9. The molecule has 0 bridgehead atoms. The van der Waals surface area contributed by atoms with Crippen molar-refractivity contribution < 1.29 is 23.5 Å². The lowest BCUT2D eigenvalue weighted by Gasteiger charge is -2.29. The topological polar surface area (TPSA) is 76.7 Å². The quantitative estimate of drug-likeness (QED) is 0.395. The van der Waals surface area contributed by atoms with Gasteiger partial charge in [-0.15, -0.1) is 0 Å². The van der Waals surface area contributed by atoms with Crippen molar-refractivity contribution in [3.63, 3.8) is 0 Å². The summed E-state index contributed by atoms with van der Waals surface area (Å²) in [7, 11) is 1.30. The van der Waals surface area contributed by atoms with Gasteiger partial charge in [-0.1, -0.05) is 24.8 Å². The van der Waals surface area contributed by atoms with Crippen LogP contribution in [0, 0.1) is 5.82 Å². The van der Waals surface area contributed by atoms with Gasteiger partial charge in [0.2, 0.25) is 0 Å². The van der Waals surface area contributed by atoms with Crippen molar-refractivity contribution in [3.05, 3.63) is 66.5 Å². The molecule has 2 rings (SSSR count). The third kappa shape index (κ3) is 8.21. The molecule has 0 heterocycles. The first-order valence-electron chi connectivity index (χ1n) is 9.55. The molecule has 2 amide bonds. The third-order valence-electron chi connectivity index (χ3n) is 4.50. The van der Waals surface area contributed by atoms with Gasteiger partial charge in [0.1, 0.15) is 11.6 Å². The average molecular weight is 402 g/mol. The number of carbonyl (C=O) groups excluding carboxylic acids is 2. The molecule has 1 aliphatic carbocycles. The van der Waals surface area contributed by atoms with Crippen molar-refractivity contribution in [1.82, 2.24) is 10.6 Å². The summed E-state index contributed by atoms with van der Waals surface area (Å²) in [6, 6.07) is 5.90. The Balaban J connectivity index is 1.61. The molecule has 0 aromatic heterocycles. The Morgan fingerprint density at radius 3 is 2.52 bits per heavy atom. The Morgan fingerprint density at radius 1 is 1.17 bits per heavy atom. The van der Waals surface area contributed by atoms with Gasteiger partial charge in [-0.25, -0.2) is 14.0 Å². The second-order valence-electron chi connectivity index (χ2n) is 6.70. The molecular weight excluding hydrogens is 375 g/mol. The number of nitrogens with one attached hydrogen (secondary N) is 2. The van der Waals surface area contributed by atoms with Gasteiger partial charge in [-0.3, -0.25) is 0 Å². The van der Waals surface area contributed by atoms with Crippen LogP contribution in [-0.4, -0.2) is 37.8 Å². The third-order valence-corrected chi connectivity index (χ3v) is 4.50. The van der Waals surface area contributed by atoms with Gasteiger partial charge in [0.15, 0.2) is 0 Å². The van der Waals surface area contributed by atoms with E-state index in [0.29, 0.717) is 12.3 Å². The van der Waals surface area contributed by atoms with E-state index < -0.39 is 5.97 Å². The fraction of sp³-hybridized carbons (Fsp3) is 0.364. The molecule has 7 heteroatoms. The number of halogens is 1. The number of ether oxygens (including phenoxy) is 2. The van der Waals surface area contributed by atoms with Gasteiger partial charge in [-0.05, 0) is 56.0 Å². The molecule has 0 aliphatic heterocycles. The maximum absolute atomic E-state index is 12.9. The number of hydrogen-bond donors (Lipinski definition) is 2. The van der Waals surface area contributed by atoms with Crippen molar-refractivity contribution in [2.75, 3.05) is 13.7 Å². The lowest BCUT2D eigenvalue weighted by atomic mass is 9.93. The van der Waals surface area contributed by atoms with Crippen LogP contribution in [0.5, 0.6) is 5.75 Å². The molecule has 0 unspecified atom stereocenters. The summed E-state index contributed by atoms with van der Waals surface area (Å²) in [5.74, 6) is -0.102. The lowest BCUT2D eigenvalue weighted by molar-refractivity contribution is -0.135. The monoisotopic (exact) mass is 402 g/mol. The Morgan fingerprint density at radius 2 is 1.86 bits per heavy atom. The lowest BCUT2D eigenvalue weighted by Crippen LogP contribution is -2.44.